The summed E-state index contributed by atoms with van der Waals surface area (Å²) >= 11 is 0. The van der Waals surface area contributed by atoms with Crippen LogP contribution in [0.1, 0.15) is 5.56 Å². The smallest absolute Gasteiger partial charge is 0.248 e. The largest absolute Gasteiger partial charge is 0.378 e. The molecule has 4 nitrogen and oxygen atoms in total. The predicted octanol–water partition coefficient (Wildman–Crippen LogP) is 1.06. The number of amides is 1. The van der Waals surface area contributed by atoms with E-state index in [0.717, 1.165) is 5.56 Å². The van der Waals surface area contributed by atoms with Gasteiger partial charge in [-0.15, -0.1) is 0 Å². The number of morpholine rings is 1. The Morgan fingerprint density at radius 3 is 2.65 bits per heavy atom. The van der Waals surface area contributed by atoms with Gasteiger partial charge in [0.15, 0.2) is 0 Å². The highest BCUT2D eigenvalue weighted by atomic mass is 16.5. The molecule has 17 heavy (non-hydrogen) atoms. The Morgan fingerprint density at radius 1 is 1.24 bits per heavy atom. The molecule has 1 aliphatic heterocycles. The molecular weight excluding hydrogens is 218 g/mol. The van der Waals surface area contributed by atoms with Crippen molar-refractivity contribution in [3.63, 3.8) is 0 Å². The van der Waals surface area contributed by atoms with Crippen molar-refractivity contribution in [2.45, 2.75) is 6.61 Å². The minimum absolute atomic E-state index is 0.0456. The summed E-state index contributed by atoms with van der Waals surface area (Å²) in [5, 5.41) is 0. The van der Waals surface area contributed by atoms with Crippen molar-refractivity contribution in [3.05, 3.63) is 35.9 Å². The lowest BCUT2D eigenvalue weighted by Crippen LogP contribution is -2.42. The molecule has 0 saturated carbocycles. The Labute approximate surface area is 101 Å². The zero-order valence-electron chi connectivity index (χ0n) is 9.80. The minimum atomic E-state index is 0.0456. The van der Waals surface area contributed by atoms with E-state index in [2.05, 4.69) is 0 Å². The van der Waals surface area contributed by atoms with E-state index in [1.54, 1.807) is 4.90 Å². The number of nitrogens with zero attached hydrogens (tertiary/aromatic N) is 1. The standard InChI is InChI=1S/C13H17NO3/c15-13(14-6-8-16-9-7-14)11-17-10-12-4-2-1-3-5-12/h1-5H,6-11H2. The van der Waals surface area contributed by atoms with E-state index < -0.39 is 0 Å². The van der Waals surface area contributed by atoms with Gasteiger partial charge in [-0.25, -0.2) is 0 Å². The van der Waals surface area contributed by atoms with Gasteiger partial charge in [0, 0.05) is 13.1 Å². The molecule has 0 bridgehead atoms. The van der Waals surface area contributed by atoms with Crippen LogP contribution in [0.25, 0.3) is 0 Å². The van der Waals surface area contributed by atoms with Gasteiger partial charge in [-0.2, -0.15) is 0 Å². The van der Waals surface area contributed by atoms with Gasteiger partial charge in [-0.1, -0.05) is 30.3 Å². The van der Waals surface area contributed by atoms with Crippen molar-refractivity contribution >= 4 is 5.91 Å². The molecule has 0 aliphatic carbocycles. The van der Waals surface area contributed by atoms with Crippen LogP contribution >= 0.6 is 0 Å². The van der Waals surface area contributed by atoms with Crippen LogP contribution in [-0.2, 0) is 20.9 Å². The summed E-state index contributed by atoms with van der Waals surface area (Å²) in [5.41, 5.74) is 1.09. The molecule has 2 rings (SSSR count). The van der Waals surface area contributed by atoms with Crippen LogP contribution in [0.2, 0.25) is 0 Å². The first-order chi connectivity index (χ1) is 8.36. The molecule has 0 N–H and O–H groups in total. The first-order valence-corrected chi connectivity index (χ1v) is 5.83. The summed E-state index contributed by atoms with van der Waals surface area (Å²) in [5.74, 6) is 0.0456. The lowest BCUT2D eigenvalue weighted by molar-refractivity contribution is -0.140. The monoisotopic (exact) mass is 235 g/mol. The van der Waals surface area contributed by atoms with E-state index in [-0.39, 0.29) is 12.5 Å². The zero-order chi connectivity index (χ0) is 11.9. The molecule has 0 unspecified atom stereocenters. The van der Waals surface area contributed by atoms with Crippen LogP contribution < -0.4 is 0 Å². The van der Waals surface area contributed by atoms with Crippen LogP contribution in [0.4, 0.5) is 0 Å². The maximum absolute atomic E-state index is 11.7. The predicted molar refractivity (Wildman–Crippen MR) is 63.5 cm³/mol. The molecule has 0 atom stereocenters. The summed E-state index contributed by atoms with van der Waals surface area (Å²) in [7, 11) is 0. The molecule has 0 aromatic heterocycles. The molecule has 0 radical (unpaired) electrons. The number of carbonyl (C=O) groups is 1. The highest BCUT2D eigenvalue weighted by Gasteiger charge is 2.16. The van der Waals surface area contributed by atoms with E-state index in [1.807, 2.05) is 30.3 Å². The zero-order valence-corrected chi connectivity index (χ0v) is 9.80. The lowest BCUT2D eigenvalue weighted by atomic mass is 10.2. The number of hydrogen-bond acceptors (Lipinski definition) is 3. The van der Waals surface area contributed by atoms with Gasteiger partial charge in [0.1, 0.15) is 6.61 Å². The first-order valence-electron chi connectivity index (χ1n) is 5.83. The third-order valence-corrected chi connectivity index (χ3v) is 2.70. The van der Waals surface area contributed by atoms with E-state index >= 15 is 0 Å². The fraction of sp³-hybridized carbons (Fsp3) is 0.462. The second kappa shape index (κ2) is 6.37. The van der Waals surface area contributed by atoms with Gasteiger partial charge in [-0.3, -0.25) is 4.79 Å². The number of hydrogen-bond donors (Lipinski definition) is 0. The number of rotatable bonds is 4. The molecule has 1 saturated heterocycles. The van der Waals surface area contributed by atoms with Crippen molar-refractivity contribution < 1.29 is 14.3 Å². The Hall–Kier alpha value is -1.39. The maximum Gasteiger partial charge on any atom is 0.248 e. The molecule has 1 aliphatic rings. The third-order valence-electron chi connectivity index (χ3n) is 2.70. The Morgan fingerprint density at radius 2 is 1.94 bits per heavy atom. The quantitative estimate of drug-likeness (QED) is 0.783. The Kier molecular flexibility index (Phi) is 4.53. The summed E-state index contributed by atoms with van der Waals surface area (Å²) in [6.45, 7) is 3.24. The molecule has 1 amide bonds. The highest BCUT2D eigenvalue weighted by molar-refractivity contribution is 5.77. The second-order valence-electron chi connectivity index (χ2n) is 3.97. The number of benzene rings is 1. The Balaban J connectivity index is 1.69. The Bertz CT molecular complexity index is 347. The van der Waals surface area contributed by atoms with Gasteiger partial charge in [0.2, 0.25) is 5.91 Å². The van der Waals surface area contributed by atoms with Crippen LogP contribution in [0.3, 0.4) is 0 Å². The average molecular weight is 235 g/mol. The third kappa shape index (κ3) is 3.84. The second-order valence-corrected chi connectivity index (χ2v) is 3.97. The van der Waals surface area contributed by atoms with Crippen molar-refractivity contribution in [1.29, 1.82) is 0 Å². The first kappa shape index (κ1) is 12.1. The minimum Gasteiger partial charge on any atom is -0.378 e. The van der Waals surface area contributed by atoms with Gasteiger partial charge in [0.05, 0.1) is 19.8 Å². The number of carbonyl (C=O) groups excluding carboxylic acids is 1. The van der Waals surface area contributed by atoms with Gasteiger partial charge < -0.3 is 14.4 Å². The topological polar surface area (TPSA) is 38.8 Å². The lowest BCUT2D eigenvalue weighted by Gasteiger charge is -2.26. The molecular formula is C13H17NO3. The normalized spacial score (nSPS) is 15.9. The molecule has 1 fully saturated rings. The van der Waals surface area contributed by atoms with Crippen molar-refractivity contribution in [1.82, 2.24) is 4.90 Å². The SMILES string of the molecule is O=C(COCc1ccccc1)N1CCOCC1. The van der Waals surface area contributed by atoms with Gasteiger partial charge in [0.25, 0.3) is 0 Å². The van der Waals surface area contributed by atoms with E-state index in [9.17, 15) is 4.79 Å². The summed E-state index contributed by atoms with van der Waals surface area (Å²) in [6.07, 6.45) is 0. The summed E-state index contributed by atoms with van der Waals surface area (Å²) in [6, 6.07) is 9.85. The fourth-order valence-electron chi connectivity index (χ4n) is 1.73. The van der Waals surface area contributed by atoms with E-state index in [1.165, 1.54) is 0 Å². The molecule has 1 heterocycles. The highest BCUT2D eigenvalue weighted by Crippen LogP contribution is 2.02. The average Bonchev–Trinajstić information content (AvgIpc) is 2.41. The van der Waals surface area contributed by atoms with E-state index in [0.29, 0.717) is 32.9 Å². The molecule has 1 aromatic carbocycles. The maximum atomic E-state index is 11.7. The van der Waals surface area contributed by atoms with Crippen LogP contribution in [0, 0.1) is 0 Å². The van der Waals surface area contributed by atoms with Crippen LogP contribution in [-0.4, -0.2) is 43.7 Å². The van der Waals surface area contributed by atoms with Crippen molar-refractivity contribution in [2.24, 2.45) is 0 Å². The van der Waals surface area contributed by atoms with Gasteiger partial charge >= 0.3 is 0 Å². The van der Waals surface area contributed by atoms with Gasteiger partial charge in [-0.05, 0) is 5.56 Å². The van der Waals surface area contributed by atoms with Crippen molar-refractivity contribution in [3.8, 4) is 0 Å². The fourth-order valence-corrected chi connectivity index (χ4v) is 1.73. The van der Waals surface area contributed by atoms with E-state index in [4.69, 9.17) is 9.47 Å². The molecule has 92 valence electrons. The molecule has 0 spiro atoms. The summed E-state index contributed by atoms with van der Waals surface area (Å²) in [4.78, 5) is 13.5. The molecule has 1 aromatic rings. The van der Waals surface area contributed by atoms with Crippen molar-refractivity contribution in [2.75, 3.05) is 32.9 Å². The van der Waals surface area contributed by atoms with Crippen LogP contribution in [0.5, 0.6) is 0 Å². The molecule has 4 heteroatoms. The summed E-state index contributed by atoms with van der Waals surface area (Å²) < 4.78 is 10.6. The van der Waals surface area contributed by atoms with Crippen LogP contribution in [0.15, 0.2) is 30.3 Å². The number of ether oxygens (including phenoxy) is 2.